The third kappa shape index (κ3) is 2.34. The molecule has 1 aromatic carbocycles. The Morgan fingerprint density at radius 1 is 1.53 bits per heavy atom. The zero-order chi connectivity index (χ0) is 12.4. The standard InChI is InChI=1S/C12H13BrN2O2/c1-3-17-11(16)7-15-10-6-4-5-9(13)12(10)8(2)14-15/h4-6H,3,7H2,1-2H3. The minimum absolute atomic E-state index is 0.147. The van der Waals surface area contributed by atoms with Crippen molar-refractivity contribution in [3.05, 3.63) is 28.4 Å². The second kappa shape index (κ2) is 4.87. The van der Waals surface area contributed by atoms with E-state index in [0.29, 0.717) is 6.61 Å². The average Bonchev–Trinajstić information content (AvgIpc) is 2.57. The average molecular weight is 297 g/mol. The number of ether oxygens (including phenoxy) is 1. The summed E-state index contributed by atoms with van der Waals surface area (Å²) >= 11 is 3.49. The summed E-state index contributed by atoms with van der Waals surface area (Å²) in [4.78, 5) is 11.5. The van der Waals surface area contributed by atoms with Crippen LogP contribution in [-0.4, -0.2) is 22.4 Å². The summed E-state index contributed by atoms with van der Waals surface area (Å²) in [5.74, 6) is -0.267. The van der Waals surface area contributed by atoms with Crippen molar-refractivity contribution in [2.24, 2.45) is 0 Å². The predicted molar refractivity (Wildman–Crippen MR) is 68.8 cm³/mol. The van der Waals surface area contributed by atoms with Crippen LogP contribution in [0.2, 0.25) is 0 Å². The van der Waals surface area contributed by atoms with Crippen molar-refractivity contribution in [3.63, 3.8) is 0 Å². The van der Waals surface area contributed by atoms with E-state index in [1.165, 1.54) is 0 Å². The third-order valence-electron chi connectivity index (χ3n) is 2.49. The summed E-state index contributed by atoms with van der Waals surface area (Å²) < 4.78 is 7.59. The molecule has 0 radical (unpaired) electrons. The van der Waals surface area contributed by atoms with Crippen molar-refractivity contribution in [1.82, 2.24) is 9.78 Å². The molecular weight excluding hydrogens is 284 g/mol. The van der Waals surface area contributed by atoms with Gasteiger partial charge in [0.2, 0.25) is 0 Å². The molecule has 0 aliphatic carbocycles. The summed E-state index contributed by atoms with van der Waals surface area (Å²) in [6.45, 7) is 4.25. The summed E-state index contributed by atoms with van der Waals surface area (Å²) in [5, 5.41) is 5.40. The molecule has 0 aliphatic rings. The van der Waals surface area contributed by atoms with Crippen LogP contribution in [0.1, 0.15) is 12.6 Å². The summed E-state index contributed by atoms with van der Waals surface area (Å²) in [7, 11) is 0. The van der Waals surface area contributed by atoms with Crippen LogP contribution in [0.15, 0.2) is 22.7 Å². The van der Waals surface area contributed by atoms with Gasteiger partial charge in [0, 0.05) is 9.86 Å². The number of esters is 1. The van der Waals surface area contributed by atoms with Crippen LogP contribution >= 0.6 is 15.9 Å². The van der Waals surface area contributed by atoms with E-state index >= 15 is 0 Å². The van der Waals surface area contributed by atoms with Crippen LogP contribution in [0.3, 0.4) is 0 Å². The highest BCUT2D eigenvalue weighted by molar-refractivity contribution is 9.10. The zero-order valence-corrected chi connectivity index (χ0v) is 11.3. The van der Waals surface area contributed by atoms with Gasteiger partial charge in [0.1, 0.15) is 6.54 Å². The first-order valence-electron chi connectivity index (χ1n) is 5.40. The lowest BCUT2D eigenvalue weighted by Crippen LogP contribution is -2.14. The predicted octanol–water partition coefficient (Wildman–Crippen LogP) is 2.67. The van der Waals surface area contributed by atoms with Gasteiger partial charge in [-0.05, 0) is 26.0 Å². The van der Waals surface area contributed by atoms with Crippen molar-refractivity contribution in [1.29, 1.82) is 0 Å². The van der Waals surface area contributed by atoms with Crippen LogP contribution < -0.4 is 0 Å². The molecule has 2 aromatic rings. The number of hydrogen-bond donors (Lipinski definition) is 0. The summed E-state index contributed by atoms with van der Waals surface area (Å²) in [5.41, 5.74) is 1.83. The number of fused-ring (bicyclic) bond motifs is 1. The molecule has 90 valence electrons. The number of benzene rings is 1. The third-order valence-corrected chi connectivity index (χ3v) is 3.15. The minimum atomic E-state index is -0.267. The maximum absolute atomic E-state index is 11.5. The molecule has 1 heterocycles. The molecule has 0 saturated heterocycles. The number of carbonyl (C=O) groups excluding carboxylic acids is 1. The van der Waals surface area contributed by atoms with Gasteiger partial charge in [0.05, 0.1) is 17.8 Å². The second-order valence-electron chi connectivity index (χ2n) is 3.68. The molecule has 0 fully saturated rings. The first kappa shape index (κ1) is 12.1. The van der Waals surface area contributed by atoms with Gasteiger partial charge < -0.3 is 4.74 Å². The van der Waals surface area contributed by atoms with E-state index in [9.17, 15) is 4.79 Å². The van der Waals surface area contributed by atoms with Crippen LogP contribution in [0.5, 0.6) is 0 Å². The molecule has 0 atom stereocenters. The van der Waals surface area contributed by atoms with Gasteiger partial charge in [0.25, 0.3) is 0 Å². The number of hydrogen-bond acceptors (Lipinski definition) is 3. The van der Waals surface area contributed by atoms with Gasteiger partial charge in [-0.2, -0.15) is 5.10 Å². The van der Waals surface area contributed by atoms with E-state index in [2.05, 4.69) is 21.0 Å². The quantitative estimate of drug-likeness (QED) is 0.818. The Labute approximate surface area is 108 Å². The maximum atomic E-state index is 11.5. The Bertz CT molecular complexity index is 563. The van der Waals surface area contributed by atoms with E-state index in [1.807, 2.05) is 25.1 Å². The van der Waals surface area contributed by atoms with Crippen molar-refractivity contribution < 1.29 is 9.53 Å². The number of aromatic nitrogens is 2. The molecule has 0 aliphatic heterocycles. The van der Waals surface area contributed by atoms with Crippen molar-refractivity contribution in [2.75, 3.05) is 6.61 Å². The molecule has 2 rings (SSSR count). The SMILES string of the molecule is CCOC(=O)Cn1nc(C)c2c(Br)cccc21. The van der Waals surface area contributed by atoms with Crippen molar-refractivity contribution in [2.45, 2.75) is 20.4 Å². The van der Waals surface area contributed by atoms with Crippen LogP contribution in [0.4, 0.5) is 0 Å². The smallest absolute Gasteiger partial charge is 0.327 e. The lowest BCUT2D eigenvalue weighted by Gasteiger charge is -2.03. The molecule has 0 bridgehead atoms. The second-order valence-corrected chi connectivity index (χ2v) is 4.54. The van der Waals surface area contributed by atoms with Gasteiger partial charge in [-0.1, -0.05) is 22.0 Å². The Kier molecular flexibility index (Phi) is 3.47. The lowest BCUT2D eigenvalue weighted by atomic mass is 10.2. The number of nitrogens with zero attached hydrogens (tertiary/aromatic N) is 2. The molecule has 0 saturated carbocycles. The van der Waals surface area contributed by atoms with Crippen molar-refractivity contribution in [3.8, 4) is 0 Å². The monoisotopic (exact) mass is 296 g/mol. The van der Waals surface area contributed by atoms with Crippen LogP contribution in [-0.2, 0) is 16.1 Å². The Hall–Kier alpha value is -1.36. The lowest BCUT2D eigenvalue weighted by molar-refractivity contribution is -0.143. The maximum Gasteiger partial charge on any atom is 0.327 e. The molecule has 0 unspecified atom stereocenters. The molecule has 5 heteroatoms. The molecule has 17 heavy (non-hydrogen) atoms. The van der Waals surface area contributed by atoms with Gasteiger partial charge in [-0.15, -0.1) is 0 Å². The highest BCUT2D eigenvalue weighted by Gasteiger charge is 2.12. The highest BCUT2D eigenvalue weighted by Crippen LogP contribution is 2.26. The molecule has 4 nitrogen and oxygen atoms in total. The van der Waals surface area contributed by atoms with Crippen LogP contribution in [0, 0.1) is 6.92 Å². The largest absolute Gasteiger partial charge is 0.465 e. The fraction of sp³-hybridized carbons (Fsp3) is 0.333. The van der Waals surface area contributed by atoms with E-state index in [4.69, 9.17) is 4.74 Å². The van der Waals surface area contributed by atoms with Crippen LogP contribution in [0.25, 0.3) is 10.9 Å². The number of carbonyl (C=O) groups is 1. The van der Waals surface area contributed by atoms with E-state index in [0.717, 1.165) is 21.1 Å². The molecule has 0 amide bonds. The molecule has 1 aromatic heterocycles. The van der Waals surface area contributed by atoms with Gasteiger partial charge in [-0.3, -0.25) is 9.48 Å². The van der Waals surface area contributed by atoms with E-state index < -0.39 is 0 Å². The summed E-state index contributed by atoms with van der Waals surface area (Å²) in [6.07, 6.45) is 0. The molecule has 0 N–H and O–H groups in total. The Balaban J connectivity index is 2.42. The zero-order valence-electron chi connectivity index (χ0n) is 9.74. The van der Waals surface area contributed by atoms with Gasteiger partial charge in [-0.25, -0.2) is 0 Å². The van der Waals surface area contributed by atoms with Crippen molar-refractivity contribution >= 4 is 32.8 Å². The molecular formula is C12H13BrN2O2. The fourth-order valence-electron chi connectivity index (χ4n) is 1.82. The van der Waals surface area contributed by atoms with Gasteiger partial charge in [0.15, 0.2) is 0 Å². The highest BCUT2D eigenvalue weighted by atomic mass is 79.9. The minimum Gasteiger partial charge on any atom is -0.465 e. The Morgan fingerprint density at radius 2 is 2.29 bits per heavy atom. The van der Waals surface area contributed by atoms with Gasteiger partial charge >= 0.3 is 5.97 Å². The first-order chi connectivity index (χ1) is 8.13. The molecule has 0 spiro atoms. The summed E-state index contributed by atoms with van der Waals surface area (Å²) in [6, 6.07) is 5.83. The normalized spacial score (nSPS) is 10.8. The van der Waals surface area contributed by atoms with E-state index in [-0.39, 0.29) is 12.5 Å². The number of halogens is 1. The Morgan fingerprint density at radius 3 is 3.00 bits per heavy atom. The number of rotatable bonds is 3. The number of aryl methyl sites for hydroxylation is 1. The first-order valence-corrected chi connectivity index (χ1v) is 6.20. The fourth-order valence-corrected chi connectivity index (χ4v) is 2.46. The van der Waals surface area contributed by atoms with E-state index in [1.54, 1.807) is 11.6 Å². The topological polar surface area (TPSA) is 44.1 Å².